The molecule has 26 heavy (non-hydrogen) atoms. The standard InChI is InChI=1S/C21H19N3OS/c22-13-23-21(25)15-10-11-19-17(12-15)24-20(14-6-2-1-3-7-14)16-8-4-5-9-18(16)26-19/h4-5,8-12,14H,1-3,6-7H2,(H,23,25). The number of benzene rings is 2. The van der Waals surface area contributed by atoms with Gasteiger partial charge < -0.3 is 0 Å². The molecule has 1 heterocycles. The minimum atomic E-state index is -0.392. The average Bonchev–Trinajstić information content (AvgIpc) is 2.85. The molecule has 2 aromatic rings. The van der Waals surface area contributed by atoms with Gasteiger partial charge in [-0.05, 0) is 37.1 Å². The second kappa shape index (κ2) is 7.35. The fourth-order valence-corrected chi connectivity index (χ4v) is 4.73. The van der Waals surface area contributed by atoms with Crippen LogP contribution in [0.4, 0.5) is 5.69 Å². The van der Waals surface area contributed by atoms with Crippen molar-refractivity contribution >= 4 is 29.1 Å². The van der Waals surface area contributed by atoms with Gasteiger partial charge in [0.25, 0.3) is 5.91 Å². The zero-order valence-electron chi connectivity index (χ0n) is 14.4. The van der Waals surface area contributed by atoms with Crippen LogP contribution in [0.1, 0.15) is 48.0 Å². The molecule has 1 fully saturated rings. The minimum absolute atomic E-state index is 0.392. The second-order valence-electron chi connectivity index (χ2n) is 6.68. The zero-order valence-corrected chi connectivity index (χ0v) is 15.2. The molecular formula is C21H19N3OS. The molecule has 0 unspecified atom stereocenters. The summed E-state index contributed by atoms with van der Waals surface area (Å²) >= 11 is 1.69. The van der Waals surface area contributed by atoms with E-state index in [1.54, 1.807) is 30.1 Å². The normalized spacial score (nSPS) is 16.5. The van der Waals surface area contributed by atoms with Gasteiger partial charge in [-0.25, -0.2) is 0 Å². The van der Waals surface area contributed by atoms with E-state index in [4.69, 9.17) is 10.3 Å². The molecule has 4 rings (SSSR count). The third-order valence-corrected chi connectivity index (χ3v) is 6.15. The maximum Gasteiger partial charge on any atom is 0.264 e. The van der Waals surface area contributed by atoms with E-state index in [9.17, 15) is 4.79 Å². The summed E-state index contributed by atoms with van der Waals surface area (Å²) in [7, 11) is 0. The monoisotopic (exact) mass is 361 g/mol. The first-order valence-corrected chi connectivity index (χ1v) is 9.77. The molecule has 4 nitrogen and oxygen atoms in total. The molecule has 0 atom stereocenters. The lowest BCUT2D eigenvalue weighted by molar-refractivity contribution is 0.0973. The highest BCUT2D eigenvalue weighted by Gasteiger charge is 2.25. The zero-order chi connectivity index (χ0) is 17.9. The average molecular weight is 361 g/mol. The molecule has 0 bridgehead atoms. The number of fused-ring (bicyclic) bond motifs is 2. The van der Waals surface area contributed by atoms with E-state index in [2.05, 4.69) is 29.6 Å². The van der Waals surface area contributed by atoms with Crippen LogP contribution in [0, 0.1) is 17.4 Å². The smallest absolute Gasteiger partial charge is 0.264 e. The Morgan fingerprint density at radius 1 is 1.12 bits per heavy atom. The summed E-state index contributed by atoms with van der Waals surface area (Å²) < 4.78 is 0. The molecule has 1 aliphatic heterocycles. The Morgan fingerprint density at radius 3 is 2.73 bits per heavy atom. The summed E-state index contributed by atoms with van der Waals surface area (Å²) in [5.41, 5.74) is 3.63. The molecule has 1 N–H and O–H groups in total. The van der Waals surface area contributed by atoms with E-state index in [1.165, 1.54) is 42.6 Å². The summed E-state index contributed by atoms with van der Waals surface area (Å²) in [6.07, 6.45) is 7.82. The summed E-state index contributed by atoms with van der Waals surface area (Å²) in [6, 6.07) is 13.9. The Bertz CT molecular complexity index is 923. The van der Waals surface area contributed by atoms with Crippen LogP contribution < -0.4 is 5.32 Å². The fraction of sp³-hybridized carbons (Fsp3) is 0.286. The number of nitriles is 1. The molecule has 130 valence electrons. The van der Waals surface area contributed by atoms with Gasteiger partial charge in [0, 0.05) is 26.8 Å². The molecule has 5 heteroatoms. The lowest BCUT2D eigenvalue weighted by Gasteiger charge is -2.24. The molecule has 2 aliphatic rings. The number of hydrogen-bond acceptors (Lipinski definition) is 4. The Morgan fingerprint density at radius 2 is 1.92 bits per heavy atom. The van der Waals surface area contributed by atoms with Crippen LogP contribution in [0.15, 0.2) is 57.2 Å². The van der Waals surface area contributed by atoms with Crippen molar-refractivity contribution in [2.75, 3.05) is 0 Å². The number of nitrogens with zero attached hydrogens (tertiary/aromatic N) is 2. The van der Waals surface area contributed by atoms with Crippen molar-refractivity contribution in [3.63, 3.8) is 0 Å². The van der Waals surface area contributed by atoms with E-state index in [1.807, 2.05) is 6.07 Å². The van der Waals surface area contributed by atoms with E-state index >= 15 is 0 Å². The highest BCUT2D eigenvalue weighted by atomic mass is 32.2. The van der Waals surface area contributed by atoms with Gasteiger partial charge >= 0.3 is 0 Å². The van der Waals surface area contributed by atoms with Crippen molar-refractivity contribution in [3.8, 4) is 6.19 Å². The lowest BCUT2D eigenvalue weighted by Crippen LogP contribution is -2.19. The van der Waals surface area contributed by atoms with Crippen LogP contribution in [0.25, 0.3) is 0 Å². The largest absolute Gasteiger partial charge is 0.268 e. The summed E-state index contributed by atoms with van der Waals surface area (Å²) in [4.78, 5) is 19.3. The number of rotatable bonds is 2. The van der Waals surface area contributed by atoms with Crippen molar-refractivity contribution in [2.24, 2.45) is 10.9 Å². The predicted molar refractivity (Wildman–Crippen MR) is 103 cm³/mol. The molecule has 0 spiro atoms. The number of carbonyl (C=O) groups excluding carboxylic acids is 1. The molecule has 0 aromatic heterocycles. The van der Waals surface area contributed by atoms with Gasteiger partial charge in [0.15, 0.2) is 6.19 Å². The Labute approximate surface area is 157 Å². The summed E-state index contributed by atoms with van der Waals surface area (Å²) in [5, 5.41) is 10.9. The topological polar surface area (TPSA) is 65.2 Å². The van der Waals surface area contributed by atoms with Gasteiger partial charge in [0.2, 0.25) is 0 Å². The second-order valence-corrected chi connectivity index (χ2v) is 7.76. The van der Waals surface area contributed by atoms with Gasteiger partial charge in [-0.15, -0.1) is 0 Å². The number of carbonyl (C=O) groups is 1. The molecule has 1 amide bonds. The first-order chi connectivity index (χ1) is 12.8. The number of aliphatic imine (C=N–C) groups is 1. The lowest BCUT2D eigenvalue weighted by atomic mass is 9.83. The van der Waals surface area contributed by atoms with Crippen LogP contribution in [0.5, 0.6) is 0 Å². The van der Waals surface area contributed by atoms with E-state index in [0.717, 1.165) is 16.3 Å². The maximum absolute atomic E-state index is 12.0. The molecular weight excluding hydrogens is 342 g/mol. The van der Waals surface area contributed by atoms with E-state index in [-0.39, 0.29) is 0 Å². The van der Waals surface area contributed by atoms with Crippen molar-refractivity contribution in [3.05, 3.63) is 53.6 Å². The number of nitrogens with one attached hydrogen (secondary N) is 1. The minimum Gasteiger partial charge on any atom is -0.268 e. The Hall–Kier alpha value is -2.58. The SMILES string of the molecule is N#CNC(=O)c1ccc2c(c1)N=C(C1CCCCC1)c1ccccc1S2. The van der Waals surface area contributed by atoms with Crippen LogP contribution in [-0.2, 0) is 0 Å². The third kappa shape index (κ3) is 3.25. The van der Waals surface area contributed by atoms with E-state index < -0.39 is 5.91 Å². The highest BCUT2D eigenvalue weighted by Crippen LogP contribution is 2.43. The summed E-state index contributed by atoms with van der Waals surface area (Å²) in [5.74, 6) is 0.0736. The quantitative estimate of drug-likeness (QED) is 0.600. The molecule has 1 aliphatic carbocycles. The van der Waals surface area contributed by atoms with Crippen LogP contribution in [-0.4, -0.2) is 11.6 Å². The molecule has 0 saturated heterocycles. The molecule has 0 radical (unpaired) electrons. The summed E-state index contributed by atoms with van der Waals surface area (Å²) in [6.45, 7) is 0. The van der Waals surface area contributed by atoms with Crippen LogP contribution in [0.2, 0.25) is 0 Å². The van der Waals surface area contributed by atoms with Gasteiger partial charge in [-0.1, -0.05) is 49.2 Å². The van der Waals surface area contributed by atoms with Gasteiger partial charge in [0.05, 0.1) is 11.4 Å². The van der Waals surface area contributed by atoms with Crippen molar-refractivity contribution in [1.82, 2.24) is 5.32 Å². The van der Waals surface area contributed by atoms with E-state index in [0.29, 0.717) is 11.5 Å². The third-order valence-electron chi connectivity index (χ3n) is 5.01. The first kappa shape index (κ1) is 16.9. The van der Waals surface area contributed by atoms with Gasteiger partial charge in [-0.2, -0.15) is 5.26 Å². The Balaban J connectivity index is 1.82. The first-order valence-electron chi connectivity index (χ1n) is 8.95. The highest BCUT2D eigenvalue weighted by molar-refractivity contribution is 7.99. The maximum atomic E-state index is 12.0. The van der Waals surface area contributed by atoms with Crippen molar-refractivity contribution in [1.29, 1.82) is 5.26 Å². The van der Waals surface area contributed by atoms with Gasteiger partial charge in [-0.3, -0.25) is 15.1 Å². The fourth-order valence-electron chi connectivity index (χ4n) is 3.72. The van der Waals surface area contributed by atoms with Crippen molar-refractivity contribution < 1.29 is 4.79 Å². The van der Waals surface area contributed by atoms with Crippen molar-refractivity contribution in [2.45, 2.75) is 41.9 Å². The predicted octanol–water partition coefficient (Wildman–Crippen LogP) is 5.06. The number of hydrogen-bond donors (Lipinski definition) is 1. The van der Waals surface area contributed by atoms with Crippen LogP contribution >= 0.6 is 11.8 Å². The molecule has 1 saturated carbocycles. The molecule has 2 aromatic carbocycles. The number of amides is 1. The van der Waals surface area contributed by atoms with Gasteiger partial charge in [0.1, 0.15) is 0 Å². The Kier molecular flexibility index (Phi) is 4.77. The van der Waals surface area contributed by atoms with Crippen LogP contribution in [0.3, 0.4) is 0 Å².